The molecule has 2 heterocycles. The summed E-state index contributed by atoms with van der Waals surface area (Å²) in [6.07, 6.45) is 1.75. The van der Waals surface area contributed by atoms with Crippen molar-refractivity contribution in [3.05, 3.63) is 23.9 Å². The lowest BCUT2D eigenvalue weighted by Gasteiger charge is -2.36. The highest BCUT2D eigenvalue weighted by molar-refractivity contribution is 5.85. The van der Waals surface area contributed by atoms with Crippen molar-refractivity contribution in [2.45, 2.75) is 12.6 Å². The van der Waals surface area contributed by atoms with Crippen LogP contribution < -0.4 is 15.5 Å². The van der Waals surface area contributed by atoms with Crippen LogP contribution in [0.3, 0.4) is 0 Å². The van der Waals surface area contributed by atoms with E-state index in [0.29, 0.717) is 19.8 Å². The molecule has 1 fully saturated rings. The van der Waals surface area contributed by atoms with Crippen molar-refractivity contribution in [2.75, 3.05) is 38.8 Å². The number of nitrogens with zero attached hydrogens (tertiary/aromatic N) is 2. The Morgan fingerprint density at radius 3 is 3.16 bits per heavy atom. The van der Waals surface area contributed by atoms with E-state index in [0.717, 1.165) is 17.9 Å². The molecular weight excluding hydrogens is 244 g/mol. The number of rotatable bonds is 4. The highest BCUT2D eigenvalue weighted by atomic mass is 16.5. The van der Waals surface area contributed by atoms with E-state index < -0.39 is 0 Å². The summed E-state index contributed by atoms with van der Waals surface area (Å²) in [5, 5.41) is 5.80. The first-order chi connectivity index (χ1) is 9.27. The van der Waals surface area contributed by atoms with Crippen molar-refractivity contribution in [1.29, 1.82) is 0 Å². The Kier molecular flexibility index (Phi) is 4.70. The van der Waals surface area contributed by atoms with Gasteiger partial charge in [-0.1, -0.05) is 6.07 Å². The number of pyridine rings is 1. The van der Waals surface area contributed by atoms with Crippen LogP contribution in [0.25, 0.3) is 0 Å². The maximum absolute atomic E-state index is 11.9. The molecule has 6 nitrogen and oxygen atoms in total. The second-order valence-electron chi connectivity index (χ2n) is 4.41. The van der Waals surface area contributed by atoms with Gasteiger partial charge in [0.2, 0.25) is 5.91 Å². The summed E-state index contributed by atoms with van der Waals surface area (Å²) in [5.41, 5.74) is 1.08. The molecule has 1 aliphatic rings. The minimum Gasteiger partial charge on any atom is -0.377 e. The van der Waals surface area contributed by atoms with Crippen LogP contribution in [0.5, 0.6) is 0 Å². The zero-order chi connectivity index (χ0) is 13.7. The molecule has 1 aromatic heterocycles. The zero-order valence-corrected chi connectivity index (χ0v) is 11.3. The Balaban J connectivity index is 2.29. The third kappa shape index (κ3) is 3.02. The highest BCUT2D eigenvalue weighted by Gasteiger charge is 2.30. The van der Waals surface area contributed by atoms with Crippen molar-refractivity contribution in [3.8, 4) is 0 Å². The van der Waals surface area contributed by atoms with E-state index in [4.69, 9.17) is 4.74 Å². The molecule has 1 saturated heterocycles. The van der Waals surface area contributed by atoms with Crippen LogP contribution in [0.1, 0.15) is 5.56 Å². The fourth-order valence-electron chi connectivity index (χ4n) is 2.26. The molecule has 1 aromatic rings. The standard InChI is InChI=1S/C13H20N4O2/c1-14-8-10-4-3-5-16-12(10)17-6-7-19-9-11(17)13(18)15-2/h3-5,11,14H,6-9H2,1-2H3,(H,15,18). The quantitative estimate of drug-likeness (QED) is 0.785. The van der Waals surface area contributed by atoms with E-state index in [9.17, 15) is 4.79 Å². The fourth-order valence-corrected chi connectivity index (χ4v) is 2.26. The monoisotopic (exact) mass is 264 g/mol. The van der Waals surface area contributed by atoms with E-state index in [1.807, 2.05) is 24.1 Å². The molecule has 0 bridgehead atoms. The molecule has 1 amide bonds. The molecular formula is C13H20N4O2. The molecule has 0 saturated carbocycles. The summed E-state index contributed by atoms with van der Waals surface area (Å²) in [6, 6.07) is 3.62. The molecule has 0 aliphatic carbocycles. The largest absolute Gasteiger partial charge is 0.377 e. The molecule has 0 aromatic carbocycles. The van der Waals surface area contributed by atoms with E-state index >= 15 is 0 Å². The molecule has 1 atom stereocenters. The number of amides is 1. The number of carbonyl (C=O) groups is 1. The Hall–Kier alpha value is -1.66. The summed E-state index contributed by atoms with van der Waals surface area (Å²) < 4.78 is 5.41. The lowest BCUT2D eigenvalue weighted by Crippen LogP contribution is -2.54. The first-order valence-corrected chi connectivity index (χ1v) is 6.42. The normalized spacial score (nSPS) is 19.3. The Morgan fingerprint density at radius 2 is 2.42 bits per heavy atom. The van der Waals surface area contributed by atoms with Crippen molar-refractivity contribution < 1.29 is 9.53 Å². The van der Waals surface area contributed by atoms with Gasteiger partial charge in [-0.3, -0.25) is 4.79 Å². The second kappa shape index (κ2) is 6.49. The number of aromatic nitrogens is 1. The minimum absolute atomic E-state index is 0.0410. The van der Waals surface area contributed by atoms with Gasteiger partial charge in [0.05, 0.1) is 13.2 Å². The fraction of sp³-hybridized carbons (Fsp3) is 0.538. The number of nitrogens with one attached hydrogen (secondary N) is 2. The van der Waals surface area contributed by atoms with E-state index in [2.05, 4.69) is 15.6 Å². The predicted molar refractivity (Wildman–Crippen MR) is 73.0 cm³/mol. The van der Waals surface area contributed by atoms with Gasteiger partial charge in [-0.05, 0) is 13.1 Å². The smallest absolute Gasteiger partial charge is 0.244 e. The molecule has 1 unspecified atom stereocenters. The average molecular weight is 264 g/mol. The number of likely N-dealkylation sites (N-methyl/N-ethyl adjacent to an activating group) is 1. The van der Waals surface area contributed by atoms with Crippen molar-refractivity contribution in [3.63, 3.8) is 0 Å². The molecule has 2 N–H and O–H groups in total. The maximum atomic E-state index is 11.9. The predicted octanol–water partition coefficient (Wildman–Crippen LogP) is -0.248. The molecule has 1 aliphatic heterocycles. The van der Waals surface area contributed by atoms with Crippen LogP contribution in [0, 0.1) is 0 Å². The maximum Gasteiger partial charge on any atom is 0.244 e. The highest BCUT2D eigenvalue weighted by Crippen LogP contribution is 2.21. The lowest BCUT2D eigenvalue weighted by atomic mass is 10.1. The van der Waals surface area contributed by atoms with Crippen LogP contribution in [-0.4, -0.2) is 50.8 Å². The van der Waals surface area contributed by atoms with Gasteiger partial charge in [0.15, 0.2) is 0 Å². The summed E-state index contributed by atoms with van der Waals surface area (Å²) in [7, 11) is 3.54. The van der Waals surface area contributed by atoms with Gasteiger partial charge >= 0.3 is 0 Å². The SMILES string of the molecule is CNCc1cccnc1N1CCOCC1C(=O)NC. The van der Waals surface area contributed by atoms with Gasteiger partial charge in [-0.25, -0.2) is 4.98 Å². The Labute approximate surface area is 113 Å². The number of carbonyl (C=O) groups excluding carboxylic acids is 1. The first-order valence-electron chi connectivity index (χ1n) is 6.42. The molecule has 19 heavy (non-hydrogen) atoms. The van der Waals surface area contributed by atoms with Gasteiger partial charge in [0.25, 0.3) is 0 Å². The van der Waals surface area contributed by atoms with Crippen LogP contribution in [0.2, 0.25) is 0 Å². The first kappa shape index (κ1) is 13.8. The third-order valence-electron chi connectivity index (χ3n) is 3.18. The number of anilines is 1. The van der Waals surface area contributed by atoms with Crippen LogP contribution in [0.4, 0.5) is 5.82 Å². The topological polar surface area (TPSA) is 66.5 Å². The lowest BCUT2D eigenvalue weighted by molar-refractivity contribution is -0.124. The van der Waals surface area contributed by atoms with Crippen LogP contribution in [0.15, 0.2) is 18.3 Å². The third-order valence-corrected chi connectivity index (χ3v) is 3.18. The van der Waals surface area contributed by atoms with Crippen molar-refractivity contribution in [2.24, 2.45) is 0 Å². The average Bonchev–Trinajstić information content (AvgIpc) is 2.47. The van der Waals surface area contributed by atoms with Crippen LogP contribution >= 0.6 is 0 Å². The van der Waals surface area contributed by atoms with E-state index in [1.165, 1.54) is 0 Å². The van der Waals surface area contributed by atoms with Crippen molar-refractivity contribution >= 4 is 11.7 Å². The van der Waals surface area contributed by atoms with E-state index in [1.54, 1.807) is 13.2 Å². The van der Waals surface area contributed by atoms with Crippen LogP contribution in [-0.2, 0) is 16.1 Å². The van der Waals surface area contributed by atoms with E-state index in [-0.39, 0.29) is 11.9 Å². The molecule has 0 radical (unpaired) electrons. The summed E-state index contributed by atoms with van der Waals surface area (Å²) in [6.45, 7) is 2.41. The number of ether oxygens (including phenoxy) is 1. The summed E-state index contributed by atoms with van der Waals surface area (Å²) in [5.74, 6) is 0.814. The van der Waals surface area contributed by atoms with Crippen molar-refractivity contribution in [1.82, 2.24) is 15.6 Å². The summed E-state index contributed by atoms with van der Waals surface area (Å²) >= 11 is 0. The van der Waals surface area contributed by atoms with Gasteiger partial charge in [-0.2, -0.15) is 0 Å². The number of hydrogen-bond acceptors (Lipinski definition) is 5. The minimum atomic E-state index is -0.316. The molecule has 0 spiro atoms. The van der Waals surface area contributed by atoms with Gasteiger partial charge < -0.3 is 20.3 Å². The summed E-state index contributed by atoms with van der Waals surface area (Å²) in [4.78, 5) is 18.4. The number of hydrogen-bond donors (Lipinski definition) is 2. The van der Waals surface area contributed by atoms with Gasteiger partial charge in [0.1, 0.15) is 11.9 Å². The van der Waals surface area contributed by atoms with Gasteiger partial charge in [0, 0.05) is 31.9 Å². The molecule has 104 valence electrons. The Bertz CT molecular complexity index is 438. The molecule has 2 rings (SSSR count). The number of morpholine rings is 1. The Morgan fingerprint density at radius 1 is 1.58 bits per heavy atom. The van der Waals surface area contributed by atoms with Gasteiger partial charge in [-0.15, -0.1) is 0 Å². The molecule has 6 heteroatoms. The zero-order valence-electron chi connectivity index (χ0n) is 11.3. The second-order valence-corrected chi connectivity index (χ2v) is 4.41.